The van der Waals surface area contributed by atoms with Crippen LogP contribution in [0.15, 0.2) is 11.6 Å². The highest BCUT2D eigenvalue weighted by Gasteiger charge is 2.55. The Morgan fingerprint density at radius 1 is 1.07 bits per heavy atom. The van der Waals surface area contributed by atoms with Gasteiger partial charge in [0.15, 0.2) is 0 Å². The number of aliphatic hydroxyl groups is 2. The van der Waals surface area contributed by atoms with Crippen LogP contribution in [0.25, 0.3) is 0 Å². The fourth-order valence-electron chi connectivity index (χ4n) is 8.33. The average Bonchev–Trinajstić information content (AvgIpc) is 3.06. The molecule has 0 amide bonds. The smallest absolute Gasteiger partial charge is 0.0682 e. The first-order valence-corrected chi connectivity index (χ1v) is 13.4. The van der Waals surface area contributed by atoms with Crippen LogP contribution >= 0.6 is 0 Å². The van der Waals surface area contributed by atoms with Crippen LogP contribution in [0.3, 0.4) is 0 Å². The summed E-state index contributed by atoms with van der Waals surface area (Å²) in [7, 11) is 0. The van der Waals surface area contributed by atoms with E-state index in [0.717, 1.165) is 55.3 Å². The largest absolute Gasteiger partial charge is 0.393 e. The second-order valence-corrected chi connectivity index (χ2v) is 12.3. The molecular weight excluding hydrogens is 368 g/mol. The third-order valence-electron chi connectivity index (χ3n) is 10.5. The average molecular weight is 417 g/mol. The fraction of sp³-hybridized carbons (Fsp3) is 0.929. The van der Waals surface area contributed by atoms with Gasteiger partial charge in [-0.25, -0.2) is 0 Å². The molecule has 4 aliphatic carbocycles. The molecule has 0 spiro atoms. The lowest BCUT2D eigenvalue weighted by molar-refractivity contribution is -0.0407. The number of fused-ring (bicyclic) bond motifs is 5. The van der Waals surface area contributed by atoms with Crippen LogP contribution in [-0.4, -0.2) is 21.9 Å². The molecule has 0 radical (unpaired) electrons. The lowest BCUT2D eigenvalue weighted by atomic mass is 9.51. The lowest BCUT2D eigenvalue weighted by Gasteiger charge is -2.54. The standard InChI is InChI=1S/C28H48O2/c1-5-28(30)17-15-22-20(18-28)10-12-24-23(22)14-16-27(4)21(11-13-25(24)27)8-6-7-9-26(29)19(2)3/h10,19,21-26,29-30H,5-9,11-18H2,1-4H3/t21-,22-,23+,24+,25-,26-,27+,28-/m0/s1. The maximum absolute atomic E-state index is 10.9. The monoisotopic (exact) mass is 416 g/mol. The first-order valence-electron chi connectivity index (χ1n) is 13.4. The van der Waals surface area contributed by atoms with Crippen molar-refractivity contribution >= 4 is 0 Å². The van der Waals surface area contributed by atoms with Crippen molar-refractivity contribution in [1.29, 1.82) is 0 Å². The van der Waals surface area contributed by atoms with Crippen LogP contribution in [0, 0.1) is 40.9 Å². The van der Waals surface area contributed by atoms with Crippen LogP contribution in [0.4, 0.5) is 0 Å². The Kier molecular flexibility index (Phi) is 6.77. The molecule has 172 valence electrons. The van der Waals surface area contributed by atoms with Gasteiger partial charge >= 0.3 is 0 Å². The highest BCUT2D eigenvalue weighted by Crippen LogP contribution is 2.64. The predicted octanol–water partition coefficient (Wildman–Crippen LogP) is 6.89. The number of hydrogen-bond donors (Lipinski definition) is 2. The molecule has 4 rings (SSSR count). The summed E-state index contributed by atoms with van der Waals surface area (Å²) >= 11 is 0. The maximum atomic E-state index is 10.9. The van der Waals surface area contributed by atoms with E-state index in [0.29, 0.717) is 11.3 Å². The molecule has 0 aliphatic heterocycles. The minimum atomic E-state index is -0.417. The molecule has 0 aromatic heterocycles. The van der Waals surface area contributed by atoms with Gasteiger partial charge in [0.2, 0.25) is 0 Å². The Labute approximate surface area is 185 Å². The zero-order chi connectivity index (χ0) is 21.5. The molecule has 0 aromatic rings. The van der Waals surface area contributed by atoms with Gasteiger partial charge in [-0.15, -0.1) is 0 Å². The van der Waals surface area contributed by atoms with Crippen molar-refractivity contribution < 1.29 is 10.2 Å². The quantitative estimate of drug-likeness (QED) is 0.350. The maximum Gasteiger partial charge on any atom is 0.0682 e. The van der Waals surface area contributed by atoms with Crippen LogP contribution in [0.2, 0.25) is 0 Å². The molecule has 4 aliphatic rings. The third-order valence-corrected chi connectivity index (χ3v) is 10.5. The van der Waals surface area contributed by atoms with Gasteiger partial charge in [-0.2, -0.15) is 0 Å². The molecule has 3 fully saturated rings. The summed E-state index contributed by atoms with van der Waals surface area (Å²) in [6.45, 7) is 9.06. The predicted molar refractivity (Wildman–Crippen MR) is 125 cm³/mol. The zero-order valence-electron chi connectivity index (χ0n) is 20.2. The Bertz CT molecular complexity index is 624. The van der Waals surface area contributed by atoms with Crippen LogP contribution in [0.5, 0.6) is 0 Å². The molecule has 0 unspecified atom stereocenters. The van der Waals surface area contributed by atoms with Gasteiger partial charge in [0, 0.05) is 0 Å². The highest BCUT2D eigenvalue weighted by atomic mass is 16.3. The van der Waals surface area contributed by atoms with Gasteiger partial charge < -0.3 is 10.2 Å². The highest BCUT2D eigenvalue weighted by molar-refractivity contribution is 5.21. The van der Waals surface area contributed by atoms with E-state index in [1.807, 2.05) is 0 Å². The number of rotatable bonds is 7. The molecule has 0 saturated heterocycles. The van der Waals surface area contributed by atoms with E-state index in [2.05, 4.69) is 33.8 Å². The first kappa shape index (κ1) is 22.8. The van der Waals surface area contributed by atoms with E-state index in [4.69, 9.17) is 0 Å². The van der Waals surface area contributed by atoms with Crippen molar-refractivity contribution in [2.24, 2.45) is 40.9 Å². The Hall–Kier alpha value is -0.340. The van der Waals surface area contributed by atoms with E-state index in [-0.39, 0.29) is 6.10 Å². The summed E-state index contributed by atoms with van der Waals surface area (Å²) in [4.78, 5) is 0. The molecule has 0 heterocycles. The van der Waals surface area contributed by atoms with E-state index in [9.17, 15) is 10.2 Å². The summed E-state index contributed by atoms with van der Waals surface area (Å²) < 4.78 is 0. The molecule has 3 saturated carbocycles. The Balaban J connectivity index is 1.37. The van der Waals surface area contributed by atoms with E-state index in [1.165, 1.54) is 57.8 Å². The van der Waals surface area contributed by atoms with Crippen molar-refractivity contribution in [3.8, 4) is 0 Å². The van der Waals surface area contributed by atoms with Crippen molar-refractivity contribution in [3.63, 3.8) is 0 Å². The lowest BCUT2D eigenvalue weighted by Crippen LogP contribution is -2.47. The zero-order valence-corrected chi connectivity index (χ0v) is 20.2. The van der Waals surface area contributed by atoms with Gasteiger partial charge in [-0.3, -0.25) is 0 Å². The topological polar surface area (TPSA) is 40.5 Å². The first-order chi connectivity index (χ1) is 14.3. The molecule has 2 heteroatoms. The number of allylic oxidation sites excluding steroid dienone is 1. The fourth-order valence-corrected chi connectivity index (χ4v) is 8.33. The van der Waals surface area contributed by atoms with Gasteiger partial charge in [0.1, 0.15) is 0 Å². The van der Waals surface area contributed by atoms with Crippen molar-refractivity contribution in [2.45, 2.75) is 123 Å². The van der Waals surface area contributed by atoms with Gasteiger partial charge in [-0.05, 0) is 112 Å². The van der Waals surface area contributed by atoms with Gasteiger partial charge in [0.05, 0.1) is 11.7 Å². The summed E-state index contributed by atoms with van der Waals surface area (Å²) in [5.74, 6) is 4.79. The van der Waals surface area contributed by atoms with E-state index < -0.39 is 5.60 Å². The molecule has 0 aromatic carbocycles. The summed E-state index contributed by atoms with van der Waals surface area (Å²) in [6, 6.07) is 0. The summed E-state index contributed by atoms with van der Waals surface area (Å²) in [5, 5.41) is 21.0. The van der Waals surface area contributed by atoms with Crippen molar-refractivity contribution in [1.82, 2.24) is 0 Å². The number of unbranched alkanes of at least 4 members (excludes halogenated alkanes) is 1. The van der Waals surface area contributed by atoms with Crippen LogP contribution < -0.4 is 0 Å². The Morgan fingerprint density at radius 2 is 1.87 bits per heavy atom. The molecular formula is C28H48O2. The van der Waals surface area contributed by atoms with Gasteiger partial charge in [0.25, 0.3) is 0 Å². The normalized spacial score (nSPS) is 44.2. The summed E-state index contributed by atoms with van der Waals surface area (Å²) in [6.07, 6.45) is 18.4. The second-order valence-electron chi connectivity index (χ2n) is 12.3. The SMILES string of the molecule is CC[C@]1(O)CC[C@H]2C(=CC[C@@H]3[C@@H]2CC[C@]2(C)[C@@H](CCCC[C@H](O)C(C)C)CC[C@@H]32)C1. The minimum Gasteiger partial charge on any atom is -0.393 e. The molecule has 2 nitrogen and oxygen atoms in total. The third kappa shape index (κ3) is 4.17. The van der Waals surface area contributed by atoms with Crippen molar-refractivity contribution in [3.05, 3.63) is 11.6 Å². The van der Waals surface area contributed by atoms with E-state index >= 15 is 0 Å². The second kappa shape index (κ2) is 8.89. The molecule has 30 heavy (non-hydrogen) atoms. The molecule has 8 atom stereocenters. The molecule has 2 N–H and O–H groups in total. The van der Waals surface area contributed by atoms with Gasteiger partial charge in [-0.1, -0.05) is 52.2 Å². The Morgan fingerprint density at radius 3 is 2.60 bits per heavy atom. The van der Waals surface area contributed by atoms with E-state index in [1.54, 1.807) is 5.57 Å². The van der Waals surface area contributed by atoms with Crippen LogP contribution in [-0.2, 0) is 0 Å². The number of hydrogen-bond acceptors (Lipinski definition) is 2. The van der Waals surface area contributed by atoms with Crippen LogP contribution in [0.1, 0.15) is 111 Å². The summed E-state index contributed by atoms with van der Waals surface area (Å²) in [5.41, 5.74) is 1.76. The minimum absolute atomic E-state index is 0.114. The number of aliphatic hydroxyl groups excluding tert-OH is 1. The molecule has 0 bridgehead atoms. The van der Waals surface area contributed by atoms with Crippen molar-refractivity contribution in [2.75, 3.05) is 0 Å².